The molecule has 4 aromatic rings. The van der Waals surface area contributed by atoms with Gasteiger partial charge in [-0.2, -0.15) is 0 Å². The van der Waals surface area contributed by atoms with E-state index in [-0.39, 0.29) is 98.0 Å². The van der Waals surface area contributed by atoms with Crippen molar-refractivity contribution in [3.8, 4) is 0 Å². The summed E-state index contributed by atoms with van der Waals surface area (Å²) in [5.74, 6) is -1.19. The minimum atomic E-state index is -1.08. The molecule has 0 aliphatic heterocycles. The summed E-state index contributed by atoms with van der Waals surface area (Å²) < 4.78 is 17.3. The number of benzene rings is 4. The first-order valence-corrected chi connectivity index (χ1v) is 46.9. The zero-order chi connectivity index (χ0) is 85.3. The van der Waals surface area contributed by atoms with Crippen molar-refractivity contribution in [2.75, 3.05) is 85.1 Å². The minimum Gasteiger partial charge on any atom is -0.441 e. The molecule has 0 heterocycles. The van der Waals surface area contributed by atoms with E-state index in [4.69, 9.17) is 14.2 Å². The average Bonchev–Trinajstić information content (AvgIpc) is 0.760. The Kier molecular flexibility index (Phi) is 53.1. The predicted molar refractivity (Wildman–Crippen MR) is 479 cm³/mol. The van der Waals surface area contributed by atoms with Gasteiger partial charge in [-0.15, -0.1) is 0 Å². The Morgan fingerprint density at radius 1 is 0.274 bits per heavy atom. The average molecular weight is 1630 g/mol. The summed E-state index contributed by atoms with van der Waals surface area (Å²) in [6.45, 7) is 22.5. The van der Waals surface area contributed by atoms with E-state index in [1.807, 2.05) is 83.1 Å². The Hall–Kier alpha value is -6.83. The summed E-state index contributed by atoms with van der Waals surface area (Å²) in [5, 5.41) is 20.9. The molecule has 0 saturated heterocycles. The van der Waals surface area contributed by atoms with E-state index in [2.05, 4.69) is 36.7 Å². The molecule has 4 rings (SSSR count). The molecule has 658 valence electrons. The van der Waals surface area contributed by atoms with Crippen LogP contribution in [-0.2, 0) is 14.2 Å². The van der Waals surface area contributed by atoms with Gasteiger partial charge in [0.15, 0.2) is 18.3 Å². The first-order chi connectivity index (χ1) is 56.5. The molecule has 18 nitrogen and oxygen atoms in total. The molecule has 0 aromatic heterocycles. The molecule has 0 bridgehead atoms. The summed E-state index contributed by atoms with van der Waals surface area (Å²) in [6.07, 6.45) is 40.6. The van der Waals surface area contributed by atoms with Gasteiger partial charge in [-0.3, -0.25) is 0 Å². The van der Waals surface area contributed by atoms with Crippen molar-refractivity contribution in [2.24, 2.45) is 0 Å². The number of carbonyl (C=O) groups excluding carboxylic acids is 7. The van der Waals surface area contributed by atoms with E-state index in [0.29, 0.717) is 41.9 Å². The first kappa shape index (κ1) is 103. The highest BCUT2D eigenvalue weighted by Gasteiger charge is 2.53. The number of aliphatic hydroxyl groups is 1. The molecule has 18 heteroatoms. The molecule has 8 unspecified atom stereocenters. The third kappa shape index (κ3) is 39.9. The molecule has 0 spiro atoms. The highest BCUT2D eigenvalue weighted by atomic mass is 16.6. The first-order valence-electron chi connectivity index (χ1n) is 46.9. The minimum absolute atomic E-state index is 0.00651. The number of quaternary nitrogens is 4. The number of nitrogens with one attached hydrogen (secondary N) is 3. The number of unbranched alkanes of at least 4 members (excludes halogenated alkanes) is 35. The number of ether oxygens (including phenoxy) is 3. The van der Waals surface area contributed by atoms with Crippen molar-refractivity contribution in [2.45, 2.75) is 357 Å². The van der Waals surface area contributed by atoms with Crippen LogP contribution in [0.5, 0.6) is 0 Å². The number of carbonyl (C=O) groups is 7. The number of hydrogen-bond acceptors (Lipinski definition) is 11. The molecular weight excluding hydrogens is 1460 g/mol. The molecular formula is C99H165N7O11+4. The zero-order valence-electron chi connectivity index (χ0n) is 75.4. The highest BCUT2D eigenvalue weighted by molar-refractivity contribution is 5.91. The number of aliphatic hydroxyl groups excluding tert-OH is 1. The van der Waals surface area contributed by atoms with Gasteiger partial charge in [0.25, 0.3) is 0 Å². The van der Waals surface area contributed by atoms with E-state index < -0.39 is 63.7 Å². The lowest BCUT2D eigenvalue weighted by Crippen LogP contribution is -2.71. The monoisotopic (exact) mass is 1630 g/mol. The van der Waals surface area contributed by atoms with Gasteiger partial charge in [0.2, 0.25) is 0 Å². The molecule has 7 amide bonds. The summed E-state index contributed by atoms with van der Waals surface area (Å²) in [4.78, 5) is 107. The molecule has 117 heavy (non-hydrogen) atoms. The molecule has 0 aliphatic carbocycles. The van der Waals surface area contributed by atoms with Gasteiger partial charge in [0, 0.05) is 19.6 Å². The summed E-state index contributed by atoms with van der Waals surface area (Å²) >= 11 is 0. The van der Waals surface area contributed by atoms with Gasteiger partial charge in [0.05, 0.1) is 34.3 Å². The maximum absolute atomic E-state index is 17.0. The van der Waals surface area contributed by atoms with Gasteiger partial charge >= 0.3 is 41.9 Å². The molecule has 0 saturated carbocycles. The summed E-state index contributed by atoms with van der Waals surface area (Å²) in [5.41, 5.74) is 1.56. The van der Waals surface area contributed by atoms with Crippen molar-refractivity contribution in [3.63, 3.8) is 0 Å². The second-order valence-electron chi connectivity index (χ2n) is 35.0. The lowest BCUT2D eigenvalue weighted by atomic mass is 10.0. The topological polar surface area (TPSA) is 203 Å². The second-order valence-corrected chi connectivity index (χ2v) is 35.0. The van der Waals surface area contributed by atoms with Gasteiger partial charge in [-0.1, -0.05) is 318 Å². The quantitative estimate of drug-likeness (QED) is 0.0186. The van der Waals surface area contributed by atoms with E-state index in [1.165, 1.54) is 167 Å². The van der Waals surface area contributed by atoms with Crippen molar-refractivity contribution in [1.29, 1.82) is 0 Å². The molecule has 8 atom stereocenters. The van der Waals surface area contributed by atoms with Crippen molar-refractivity contribution >= 4 is 41.9 Å². The van der Waals surface area contributed by atoms with Crippen molar-refractivity contribution < 1.29 is 70.8 Å². The van der Waals surface area contributed by atoms with E-state index >= 15 is 19.2 Å². The number of amides is 7. The van der Waals surface area contributed by atoms with Gasteiger partial charge in [0.1, 0.15) is 71.6 Å². The van der Waals surface area contributed by atoms with Crippen LogP contribution in [0.25, 0.3) is 0 Å². The van der Waals surface area contributed by atoms with Crippen LogP contribution in [0.4, 0.5) is 14.4 Å². The maximum Gasteiger partial charge on any atom is 0.407 e. The van der Waals surface area contributed by atoms with Crippen molar-refractivity contribution in [3.05, 3.63) is 144 Å². The molecule has 4 N–H and O–H groups in total. The Morgan fingerprint density at radius 3 is 0.735 bits per heavy atom. The Morgan fingerprint density at radius 2 is 0.487 bits per heavy atom. The fourth-order valence-electron chi connectivity index (χ4n) is 17.2. The highest BCUT2D eigenvalue weighted by Crippen LogP contribution is 2.31. The maximum atomic E-state index is 17.0. The van der Waals surface area contributed by atoms with Crippen LogP contribution in [0.1, 0.15) is 362 Å². The largest absolute Gasteiger partial charge is 0.441 e. The number of nitrogens with zero attached hydrogens (tertiary/aromatic N) is 4. The smallest absolute Gasteiger partial charge is 0.407 e. The Bertz CT molecular complexity index is 3290. The second kappa shape index (κ2) is 60.6. The van der Waals surface area contributed by atoms with E-state index in [1.54, 1.807) is 93.6 Å². The lowest BCUT2D eigenvalue weighted by Gasteiger charge is -2.47. The van der Waals surface area contributed by atoms with Crippen LogP contribution in [0.3, 0.4) is 0 Å². The zero-order valence-corrected chi connectivity index (χ0v) is 75.4. The number of rotatable bonds is 67. The lowest BCUT2D eigenvalue weighted by molar-refractivity contribution is -0.953. The van der Waals surface area contributed by atoms with Gasteiger partial charge in [-0.25, -0.2) is 51.5 Å². The summed E-state index contributed by atoms with van der Waals surface area (Å²) in [6, 6.07) is 35.1. The van der Waals surface area contributed by atoms with E-state index in [0.717, 1.165) is 77.0 Å². The number of hydrogen-bond donors (Lipinski definition) is 4. The summed E-state index contributed by atoms with van der Waals surface area (Å²) in [7, 11) is 0. The molecule has 0 radical (unpaired) electrons. The molecule has 0 aliphatic rings. The normalized spacial score (nSPS) is 14.7. The van der Waals surface area contributed by atoms with Crippen LogP contribution in [0.2, 0.25) is 0 Å². The Labute approximate surface area is 710 Å². The fourth-order valence-corrected chi connectivity index (χ4v) is 17.2. The van der Waals surface area contributed by atoms with Crippen LogP contribution in [0.15, 0.2) is 121 Å². The third-order valence-electron chi connectivity index (χ3n) is 24.3. The van der Waals surface area contributed by atoms with Gasteiger partial charge in [-0.05, 0) is 123 Å². The van der Waals surface area contributed by atoms with Crippen LogP contribution >= 0.6 is 0 Å². The Balaban J connectivity index is 1.79. The molecule has 0 fully saturated rings. The van der Waals surface area contributed by atoms with Gasteiger partial charge < -0.3 is 35.3 Å². The van der Waals surface area contributed by atoms with Crippen LogP contribution in [-0.4, -0.2) is 187 Å². The van der Waals surface area contributed by atoms with Crippen LogP contribution < -0.4 is 16.0 Å². The number of alkyl carbamates (subject to hydrolysis) is 3. The standard InChI is InChI=1S/C99H162N7O11/c1-12-15-18-21-24-26-28-30-32-34-36-38-40-42-45-60-71-100-97(112)115-86(9)80-104(79-85(8)107,94(109)90-64-53-48-54-65-90)74-73-103(93(108)89-62-51-47-52-63-89,75-77-105(83(4)5,95(110)91-66-55-49-56-67-91)81-87(10)116-98(113)101-70-59-44-23-20-17-14-3)76-78-106(84(6)7,96(111)92-68-57-50-58-69-92)82-88(11)117-99(114)102-72-61-46-43-41-39-37-35-33-31-29-27-25-22-19-16-13-2/h47-58,62-69,83-88,107H,12-46,59-61,70-82H2,1-11H3/q+1/p+3. The van der Waals surface area contributed by atoms with E-state index in [9.17, 15) is 19.5 Å². The SMILES string of the molecule is CCCCCCCCCCCCCCCCCCNC(=O)OC(C)C[N+](CC[N+](CC[N+](CC(C)OC(=O)NCCCCCCCC)(C(=O)c1ccccc1)C(C)C)(CC[N+](CC(C)OC(=O)NCCCCCCCCCCCCCCCCCC)(C(=O)c1ccccc1)C(C)C)C(=O)c1ccccc1)(CC(C)O)C(=O)c1ccccc1. The third-order valence-corrected chi connectivity index (χ3v) is 24.3. The van der Waals surface area contributed by atoms with Crippen molar-refractivity contribution in [1.82, 2.24) is 16.0 Å². The fraction of sp³-hybridized carbons (Fsp3) is 0.687. The molecule has 4 aromatic carbocycles. The predicted octanol–water partition coefficient (Wildman–Crippen LogP) is 23.0. The van der Waals surface area contributed by atoms with Crippen LogP contribution in [0, 0.1) is 0 Å².